The van der Waals surface area contributed by atoms with Crippen LogP contribution < -0.4 is 15.4 Å². The fourth-order valence-corrected chi connectivity index (χ4v) is 4.24. The fourth-order valence-electron chi connectivity index (χ4n) is 4.24. The van der Waals surface area contributed by atoms with Crippen molar-refractivity contribution in [3.8, 4) is 0 Å². The maximum absolute atomic E-state index is 12.7. The summed E-state index contributed by atoms with van der Waals surface area (Å²) in [5, 5.41) is 4.89. The normalized spacial score (nSPS) is 18.0. The average Bonchev–Trinajstić information content (AvgIpc) is 3.47. The molecule has 0 N–H and O–H groups in total. The van der Waals surface area contributed by atoms with E-state index in [2.05, 4.69) is 29.9 Å². The summed E-state index contributed by atoms with van der Waals surface area (Å²) in [6.07, 6.45) is 9.66. The van der Waals surface area contributed by atoms with E-state index in [-0.39, 0.29) is 5.56 Å². The van der Waals surface area contributed by atoms with E-state index >= 15 is 0 Å². The molecule has 28 heavy (non-hydrogen) atoms. The zero-order valence-electron chi connectivity index (χ0n) is 16.2. The van der Waals surface area contributed by atoms with Crippen molar-refractivity contribution in [2.24, 2.45) is 14.1 Å². The minimum Gasteiger partial charge on any atom is -0.350 e. The first kappa shape index (κ1) is 17.2. The van der Waals surface area contributed by atoms with Gasteiger partial charge in [-0.05, 0) is 31.7 Å². The third-order valence-corrected chi connectivity index (χ3v) is 5.76. The minimum atomic E-state index is -0.0455. The van der Waals surface area contributed by atoms with Gasteiger partial charge in [-0.3, -0.25) is 14.0 Å². The molecule has 1 saturated carbocycles. The standard InChI is InChI=1S/C19H24N8O/c1-24-11-15-17(23-24)22-19(25(2)18(15)28)26-9-6-14(7-10-26)27(13-3-4-13)16-5-8-20-12-21-16/h5,8,11-14H,3-4,6-7,9-10H2,1-2H3. The van der Waals surface area contributed by atoms with Crippen LogP contribution in [-0.4, -0.2) is 54.5 Å². The maximum atomic E-state index is 12.7. The summed E-state index contributed by atoms with van der Waals surface area (Å²) in [4.78, 5) is 30.6. The van der Waals surface area contributed by atoms with Crippen LogP contribution in [0.5, 0.6) is 0 Å². The lowest BCUT2D eigenvalue weighted by molar-refractivity contribution is 0.452. The van der Waals surface area contributed by atoms with E-state index < -0.39 is 0 Å². The smallest absolute Gasteiger partial charge is 0.265 e. The number of nitrogens with zero attached hydrogens (tertiary/aromatic N) is 8. The number of piperidine rings is 1. The predicted octanol–water partition coefficient (Wildman–Crippen LogP) is 1.09. The second kappa shape index (κ2) is 6.57. The van der Waals surface area contributed by atoms with Crippen LogP contribution in [0.3, 0.4) is 0 Å². The van der Waals surface area contributed by atoms with Gasteiger partial charge in [0.2, 0.25) is 5.95 Å². The van der Waals surface area contributed by atoms with Gasteiger partial charge in [-0.2, -0.15) is 10.1 Å². The number of aromatic nitrogens is 6. The van der Waals surface area contributed by atoms with Crippen molar-refractivity contribution in [2.45, 2.75) is 37.8 Å². The molecule has 4 heterocycles. The van der Waals surface area contributed by atoms with Crippen LogP contribution in [-0.2, 0) is 14.1 Å². The summed E-state index contributed by atoms with van der Waals surface area (Å²) in [7, 11) is 3.60. The van der Waals surface area contributed by atoms with E-state index in [4.69, 9.17) is 0 Å². The van der Waals surface area contributed by atoms with Crippen molar-refractivity contribution in [2.75, 3.05) is 22.9 Å². The van der Waals surface area contributed by atoms with Crippen LogP contribution in [0.1, 0.15) is 25.7 Å². The molecule has 0 radical (unpaired) electrons. The highest BCUT2D eigenvalue weighted by atomic mass is 16.1. The monoisotopic (exact) mass is 380 g/mol. The van der Waals surface area contributed by atoms with E-state index in [1.807, 2.05) is 19.3 Å². The Balaban J connectivity index is 1.38. The van der Waals surface area contributed by atoms with Crippen LogP contribution in [0.15, 0.2) is 29.6 Å². The zero-order chi connectivity index (χ0) is 19.3. The predicted molar refractivity (Wildman–Crippen MR) is 107 cm³/mol. The van der Waals surface area contributed by atoms with Gasteiger partial charge in [0, 0.05) is 51.7 Å². The summed E-state index contributed by atoms with van der Waals surface area (Å²) in [6, 6.07) is 3.05. The third-order valence-electron chi connectivity index (χ3n) is 5.76. The molecule has 0 amide bonds. The number of hydrogen-bond donors (Lipinski definition) is 0. The maximum Gasteiger partial charge on any atom is 0.265 e. The molecule has 0 aromatic carbocycles. The molecule has 0 unspecified atom stereocenters. The van der Waals surface area contributed by atoms with Gasteiger partial charge in [0.25, 0.3) is 5.56 Å². The first-order valence-electron chi connectivity index (χ1n) is 9.81. The third kappa shape index (κ3) is 2.90. The highest BCUT2D eigenvalue weighted by Crippen LogP contribution is 2.35. The summed E-state index contributed by atoms with van der Waals surface area (Å²) >= 11 is 0. The molecule has 1 aliphatic carbocycles. The van der Waals surface area contributed by atoms with E-state index in [1.165, 1.54) is 12.8 Å². The van der Waals surface area contributed by atoms with Gasteiger partial charge in [0.1, 0.15) is 17.5 Å². The largest absolute Gasteiger partial charge is 0.350 e. The lowest BCUT2D eigenvalue weighted by Crippen LogP contribution is -2.47. The molecule has 9 heteroatoms. The van der Waals surface area contributed by atoms with Gasteiger partial charge >= 0.3 is 0 Å². The van der Waals surface area contributed by atoms with Gasteiger partial charge in [0.15, 0.2) is 5.65 Å². The SMILES string of the molecule is Cn1cc2c(=O)n(C)c(N3CCC(N(c4ccncn4)C4CC4)CC3)nc2n1. The number of hydrogen-bond acceptors (Lipinski definition) is 7. The van der Waals surface area contributed by atoms with Gasteiger partial charge in [-0.25, -0.2) is 9.97 Å². The molecular formula is C19H24N8O. The van der Waals surface area contributed by atoms with Gasteiger partial charge < -0.3 is 9.80 Å². The Morgan fingerprint density at radius 2 is 1.86 bits per heavy atom. The lowest BCUT2D eigenvalue weighted by Gasteiger charge is -2.40. The van der Waals surface area contributed by atoms with E-state index in [1.54, 1.807) is 28.8 Å². The summed E-state index contributed by atoms with van der Waals surface area (Å²) < 4.78 is 3.29. The van der Waals surface area contributed by atoms with Crippen LogP contribution in [0.4, 0.5) is 11.8 Å². The molecule has 2 aliphatic rings. The minimum absolute atomic E-state index is 0.0455. The van der Waals surface area contributed by atoms with Crippen molar-refractivity contribution in [3.63, 3.8) is 0 Å². The number of anilines is 2. The molecule has 3 aromatic heterocycles. The van der Waals surface area contributed by atoms with Crippen molar-refractivity contribution in [1.29, 1.82) is 0 Å². The molecule has 9 nitrogen and oxygen atoms in total. The molecule has 1 saturated heterocycles. The van der Waals surface area contributed by atoms with E-state index in [0.717, 1.165) is 31.7 Å². The van der Waals surface area contributed by atoms with Gasteiger partial charge in [-0.1, -0.05) is 0 Å². The highest BCUT2D eigenvalue weighted by Gasteiger charge is 2.36. The Hall–Kier alpha value is -2.97. The van der Waals surface area contributed by atoms with E-state index in [0.29, 0.717) is 29.1 Å². The quantitative estimate of drug-likeness (QED) is 0.670. The van der Waals surface area contributed by atoms with Crippen molar-refractivity contribution >= 4 is 22.8 Å². The molecule has 0 spiro atoms. The average molecular weight is 380 g/mol. The molecule has 5 rings (SSSR count). The topological polar surface area (TPSA) is 85.0 Å². The van der Waals surface area contributed by atoms with Crippen molar-refractivity contribution in [3.05, 3.63) is 35.1 Å². The number of fused-ring (bicyclic) bond motifs is 1. The Morgan fingerprint density at radius 3 is 2.54 bits per heavy atom. The van der Waals surface area contributed by atoms with Crippen LogP contribution in [0.25, 0.3) is 11.0 Å². The molecule has 0 atom stereocenters. The second-order valence-corrected chi connectivity index (χ2v) is 7.74. The molecular weight excluding hydrogens is 356 g/mol. The van der Waals surface area contributed by atoms with Crippen molar-refractivity contribution in [1.82, 2.24) is 29.3 Å². The molecule has 146 valence electrons. The fraction of sp³-hybridized carbons (Fsp3) is 0.526. The molecule has 0 bridgehead atoms. The Labute approximate surface area is 162 Å². The van der Waals surface area contributed by atoms with Crippen LogP contribution in [0, 0.1) is 0 Å². The summed E-state index contributed by atoms with van der Waals surface area (Å²) in [5.41, 5.74) is 0.471. The summed E-state index contributed by atoms with van der Waals surface area (Å²) in [5.74, 6) is 1.73. The van der Waals surface area contributed by atoms with Crippen LogP contribution >= 0.6 is 0 Å². The Kier molecular flexibility index (Phi) is 4.03. The molecule has 1 aliphatic heterocycles. The van der Waals surface area contributed by atoms with Crippen molar-refractivity contribution < 1.29 is 0 Å². The lowest BCUT2D eigenvalue weighted by atomic mass is 10.0. The molecule has 2 fully saturated rings. The van der Waals surface area contributed by atoms with E-state index in [9.17, 15) is 4.79 Å². The van der Waals surface area contributed by atoms with Crippen LogP contribution in [0.2, 0.25) is 0 Å². The first-order valence-corrected chi connectivity index (χ1v) is 9.81. The summed E-state index contributed by atoms with van der Waals surface area (Å²) in [6.45, 7) is 1.72. The van der Waals surface area contributed by atoms with Gasteiger partial charge in [-0.15, -0.1) is 0 Å². The first-order chi connectivity index (χ1) is 13.6. The Morgan fingerprint density at radius 1 is 1.11 bits per heavy atom. The Bertz CT molecular complexity index is 1050. The highest BCUT2D eigenvalue weighted by molar-refractivity contribution is 5.74. The number of rotatable bonds is 4. The number of aryl methyl sites for hydroxylation is 1. The second-order valence-electron chi connectivity index (χ2n) is 7.74. The zero-order valence-corrected chi connectivity index (χ0v) is 16.2. The molecule has 3 aromatic rings. The van der Waals surface area contributed by atoms with Gasteiger partial charge in [0.05, 0.1) is 0 Å².